The average Bonchev–Trinajstić information content (AvgIpc) is 2.94. The minimum Gasteiger partial charge on any atom is -0.385 e. The molecule has 0 aromatic heterocycles. The molecule has 1 aliphatic heterocycles. The van der Waals surface area contributed by atoms with Crippen molar-refractivity contribution in [3.8, 4) is 0 Å². The highest BCUT2D eigenvalue weighted by Crippen LogP contribution is 2.22. The fourth-order valence-corrected chi connectivity index (χ4v) is 2.19. The first-order valence-corrected chi connectivity index (χ1v) is 6.74. The largest absolute Gasteiger partial charge is 0.385 e. The number of methoxy groups -OCH3 is 1. The second kappa shape index (κ2) is 7.33. The van der Waals surface area contributed by atoms with Crippen LogP contribution in [0.2, 0.25) is 0 Å². The Hall–Kier alpha value is -1.50. The third-order valence-electron chi connectivity index (χ3n) is 3.32. The van der Waals surface area contributed by atoms with Gasteiger partial charge < -0.3 is 10.1 Å². The molecule has 0 spiro atoms. The Labute approximate surface area is 117 Å². The van der Waals surface area contributed by atoms with Gasteiger partial charge in [0.1, 0.15) is 11.9 Å². The van der Waals surface area contributed by atoms with Gasteiger partial charge in [-0.1, -0.05) is 12.1 Å². The summed E-state index contributed by atoms with van der Waals surface area (Å²) in [5, 5.41) is 2.86. The fourth-order valence-electron chi connectivity index (χ4n) is 2.19. The highest BCUT2D eigenvalue weighted by molar-refractivity contribution is 5.82. The smallest absolute Gasteiger partial charge is 0.238 e. The monoisotopic (exact) mass is 281 g/mol. The normalized spacial score (nSPS) is 21.9. The van der Waals surface area contributed by atoms with E-state index in [0.717, 1.165) is 12.0 Å². The van der Waals surface area contributed by atoms with Crippen LogP contribution in [0.1, 0.15) is 24.4 Å². The third kappa shape index (κ3) is 4.00. The van der Waals surface area contributed by atoms with Crippen molar-refractivity contribution in [1.82, 2.24) is 16.2 Å². The van der Waals surface area contributed by atoms with Crippen molar-refractivity contribution >= 4 is 5.91 Å². The summed E-state index contributed by atoms with van der Waals surface area (Å²) in [6.45, 7) is 1.24. The van der Waals surface area contributed by atoms with Crippen molar-refractivity contribution in [3.63, 3.8) is 0 Å². The lowest BCUT2D eigenvalue weighted by Gasteiger charge is -2.10. The molecule has 1 amide bonds. The molecule has 0 bridgehead atoms. The maximum Gasteiger partial charge on any atom is 0.238 e. The Morgan fingerprint density at radius 1 is 1.40 bits per heavy atom. The van der Waals surface area contributed by atoms with E-state index < -0.39 is 0 Å². The van der Waals surface area contributed by atoms with Gasteiger partial charge >= 0.3 is 0 Å². The van der Waals surface area contributed by atoms with Crippen LogP contribution < -0.4 is 16.2 Å². The summed E-state index contributed by atoms with van der Waals surface area (Å²) >= 11 is 0. The van der Waals surface area contributed by atoms with Crippen molar-refractivity contribution in [2.45, 2.75) is 24.9 Å². The Morgan fingerprint density at radius 3 is 2.85 bits per heavy atom. The van der Waals surface area contributed by atoms with Crippen LogP contribution in [0.3, 0.4) is 0 Å². The van der Waals surface area contributed by atoms with Gasteiger partial charge in [-0.2, -0.15) is 0 Å². The van der Waals surface area contributed by atoms with Gasteiger partial charge in [-0.25, -0.2) is 15.2 Å². The van der Waals surface area contributed by atoms with Crippen molar-refractivity contribution in [1.29, 1.82) is 0 Å². The number of nitrogens with one attached hydrogen (secondary N) is 3. The standard InChI is InChI=1S/C14H20FN3O2/c1-20-8-2-7-16-14(19)13-9-12(17-18-13)10-3-5-11(15)6-4-10/h3-6,12-13,17-18H,2,7-9H2,1H3,(H,16,19). The van der Waals surface area contributed by atoms with Crippen LogP contribution in [-0.4, -0.2) is 32.2 Å². The zero-order valence-corrected chi connectivity index (χ0v) is 11.5. The van der Waals surface area contributed by atoms with Gasteiger partial charge in [0.05, 0.1) is 0 Å². The van der Waals surface area contributed by atoms with E-state index in [4.69, 9.17) is 4.74 Å². The average molecular weight is 281 g/mol. The Bertz CT molecular complexity index is 439. The van der Waals surface area contributed by atoms with Crippen LogP contribution in [-0.2, 0) is 9.53 Å². The van der Waals surface area contributed by atoms with Gasteiger partial charge in [0.15, 0.2) is 0 Å². The van der Waals surface area contributed by atoms with E-state index in [1.165, 1.54) is 12.1 Å². The molecule has 20 heavy (non-hydrogen) atoms. The quantitative estimate of drug-likeness (QED) is 0.678. The van der Waals surface area contributed by atoms with Gasteiger partial charge in [0, 0.05) is 26.3 Å². The number of rotatable bonds is 6. The molecular formula is C14H20FN3O2. The second-order valence-corrected chi connectivity index (χ2v) is 4.82. The molecule has 0 saturated carbocycles. The van der Waals surface area contributed by atoms with E-state index >= 15 is 0 Å². The highest BCUT2D eigenvalue weighted by atomic mass is 19.1. The van der Waals surface area contributed by atoms with Gasteiger partial charge in [-0.05, 0) is 30.5 Å². The lowest BCUT2D eigenvalue weighted by atomic mass is 10.0. The first-order valence-electron chi connectivity index (χ1n) is 6.74. The van der Waals surface area contributed by atoms with Gasteiger partial charge in [-0.3, -0.25) is 4.79 Å². The fraction of sp³-hybridized carbons (Fsp3) is 0.500. The minimum atomic E-state index is -0.271. The minimum absolute atomic E-state index is 0.0188. The number of benzene rings is 1. The first kappa shape index (κ1) is 14.9. The van der Waals surface area contributed by atoms with Crippen LogP contribution in [0.4, 0.5) is 4.39 Å². The van der Waals surface area contributed by atoms with E-state index in [-0.39, 0.29) is 23.8 Å². The predicted octanol–water partition coefficient (Wildman–Crippen LogP) is 0.886. The molecule has 5 nitrogen and oxygen atoms in total. The first-order chi connectivity index (χ1) is 9.70. The van der Waals surface area contributed by atoms with Gasteiger partial charge in [0.25, 0.3) is 0 Å². The molecule has 6 heteroatoms. The molecule has 2 unspecified atom stereocenters. The van der Waals surface area contributed by atoms with E-state index in [1.54, 1.807) is 19.2 Å². The molecule has 3 N–H and O–H groups in total. The van der Waals surface area contributed by atoms with E-state index in [9.17, 15) is 9.18 Å². The zero-order valence-electron chi connectivity index (χ0n) is 11.5. The summed E-state index contributed by atoms with van der Waals surface area (Å²) in [6, 6.07) is 6.06. The topological polar surface area (TPSA) is 62.4 Å². The van der Waals surface area contributed by atoms with E-state index in [0.29, 0.717) is 19.6 Å². The third-order valence-corrected chi connectivity index (χ3v) is 3.32. The summed E-state index contributed by atoms with van der Waals surface area (Å²) < 4.78 is 17.8. The Morgan fingerprint density at radius 2 is 2.15 bits per heavy atom. The lowest BCUT2D eigenvalue weighted by Crippen LogP contribution is -2.43. The molecule has 1 aromatic rings. The zero-order chi connectivity index (χ0) is 14.4. The maximum atomic E-state index is 12.9. The summed E-state index contributed by atoms with van der Waals surface area (Å²) in [5.74, 6) is -0.287. The molecule has 0 aliphatic carbocycles. The molecule has 1 aliphatic rings. The lowest BCUT2D eigenvalue weighted by molar-refractivity contribution is -0.122. The number of carbonyl (C=O) groups excluding carboxylic acids is 1. The number of hydrogen-bond acceptors (Lipinski definition) is 4. The highest BCUT2D eigenvalue weighted by Gasteiger charge is 2.29. The molecule has 1 aromatic carbocycles. The van der Waals surface area contributed by atoms with Crippen LogP contribution in [0.15, 0.2) is 24.3 Å². The second-order valence-electron chi connectivity index (χ2n) is 4.82. The molecule has 110 valence electrons. The number of halogens is 1. The summed E-state index contributed by atoms with van der Waals surface area (Å²) in [7, 11) is 1.64. The van der Waals surface area contributed by atoms with Gasteiger partial charge in [-0.15, -0.1) is 0 Å². The van der Waals surface area contributed by atoms with Crippen molar-refractivity contribution < 1.29 is 13.9 Å². The van der Waals surface area contributed by atoms with Crippen molar-refractivity contribution in [2.75, 3.05) is 20.3 Å². The molecule has 2 atom stereocenters. The van der Waals surface area contributed by atoms with Crippen molar-refractivity contribution in [2.24, 2.45) is 0 Å². The van der Waals surface area contributed by atoms with Crippen LogP contribution in [0, 0.1) is 5.82 Å². The molecule has 1 fully saturated rings. The molecule has 1 heterocycles. The van der Waals surface area contributed by atoms with Gasteiger partial charge in [0.2, 0.25) is 5.91 Å². The number of hydrogen-bond donors (Lipinski definition) is 3. The van der Waals surface area contributed by atoms with E-state index in [1.807, 2.05) is 0 Å². The summed E-state index contributed by atoms with van der Waals surface area (Å²) in [6.07, 6.45) is 1.44. The number of ether oxygens (including phenoxy) is 1. The Kier molecular flexibility index (Phi) is 5.46. The number of hydrazine groups is 1. The molecule has 0 radical (unpaired) electrons. The van der Waals surface area contributed by atoms with Crippen LogP contribution in [0.5, 0.6) is 0 Å². The molecular weight excluding hydrogens is 261 g/mol. The van der Waals surface area contributed by atoms with Crippen LogP contribution >= 0.6 is 0 Å². The Balaban J connectivity index is 1.79. The van der Waals surface area contributed by atoms with Crippen molar-refractivity contribution in [3.05, 3.63) is 35.6 Å². The SMILES string of the molecule is COCCCNC(=O)C1CC(c2ccc(F)cc2)NN1. The maximum absolute atomic E-state index is 12.9. The predicted molar refractivity (Wildman–Crippen MR) is 73.3 cm³/mol. The molecule has 2 rings (SSSR count). The number of amides is 1. The summed E-state index contributed by atoms with van der Waals surface area (Å²) in [5.41, 5.74) is 7.01. The van der Waals surface area contributed by atoms with Crippen LogP contribution in [0.25, 0.3) is 0 Å². The van der Waals surface area contributed by atoms with E-state index in [2.05, 4.69) is 16.2 Å². The number of carbonyl (C=O) groups is 1. The summed E-state index contributed by atoms with van der Waals surface area (Å²) in [4.78, 5) is 11.9. The molecule has 1 saturated heterocycles.